The second kappa shape index (κ2) is 13.7. The maximum absolute atomic E-state index is 12.5. The van der Waals surface area contributed by atoms with Gasteiger partial charge in [-0.2, -0.15) is 0 Å². The van der Waals surface area contributed by atoms with Crippen LogP contribution in [-0.4, -0.2) is 11.1 Å². The van der Waals surface area contributed by atoms with Gasteiger partial charge in [0.1, 0.15) is 0 Å². The fraction of sp³-hybridized carbons (Fsp3) is 0.952. The molecule has 4 N–H and O–H groups in total. The summed E-state index contributed by atoms with van der Waals surface area (Å²) in [5.74, 6) is -0.533. The predicted octanol–water partition coefficient (Wildman–Crippen LogP) is 7.38. The van der Waals surface area contributed by atoms with Crippen molar-refractivity contribution < 1.29 is 9.90 Å². The van der Waals surface area contributed by atoms with Gasteiger partial charge < -0.3 is 11.3 Å². The number of hydrogen-bond acceptors (Lipinski definition) is 2. The van der Waals surface area contributed by atoms with Crippen molar-refractivity contribution in [3.63, 3.8) is 0 Å². The highest BCUT2D eigenvalue weighted by molar-refractivity contribution is 5.75. The van der Waals surface area contributed by atoms with Crippen molar-refractivity contribution in [2.45, 2.75) is 118 Å². The van der Waals surface area contributed by atoms with E-state index >= 15 is 0 Å². The first-order chi connectivity index (χ1) is 10.9. The smallest absolute Gasteiger partial charge is 0.310 e. The van der Waals surface area contributed by atoms with E-state index in [1.165, 1.54) is 19.3 Å². The number of rotatable bonds is 15. The van der Waals surface area contributed by atoms with Crippen molar-refractivity contribution in [3.8, 4) is 0 Å². The van der Waals surface area contributed by atoms with Crippen LogP contribution < -0.4 is 6.15 Å². The van der Waals surface area contributed by atoms with Crippen molar-refractivity contribution in [2.75, 3.05) is 0 Å². The lowest BCUT2D eigenvalue weighted by Crippen LogP contribution is -2.46. The zero-order chi connectivity index (χ0) is 17.8. The molecule has 1 unspecified atom stereocenters. The Morgan fingerprint density at radius 2 is 1.08 bits per heavy atom. The van der Waals surface area contributed by atoms with Crippen LogP contribution in [0.4, 0.5) is 0 Å². The molecule has 0 bridgehead atoms. The molecule has 24 heavy (non-hydrogen) atoms. The van der Waals surface area contributed by atoms with E-state index in [0.29, 0.717) is 0 Å². The van der Waals surface area contributed by atoms with Crippen LogP contribution in [0.25, 0.3) is 0 Å². The minimum Gasteiger partial charge on any atom is -0.481 e. The number of carboxylic acids is 1. The predicted molar refractivity (Wildman–Crippen MR) is 106 cm³/mol. The largest absolute Gasteiger partial charge is 0.481 e. The molecule has 0 aliphatic carbocycles. The Labute approximate surface area is 151 Å². The third kappa shape index (κ3) is 7.13. The van der Waals surface area contributed by atoms with E-state index in [9.17, 15) is 9.90 Å². The van der Waals surface area contributed by atoms with Gasteiger partial charge in [-0.25, -0.2) is 0 Å². The minimum absolute atomic E-state index is 0. The van der Waals surface area contributed by atoms with Crippen LogP contribution >= 0.6 is 0 Å². The zero-order valence-electron chi connectivity index (χ0n) is 17.3. The molecule has 0 aliphatic heterocycles. The van der Waals surface area contributed by atoms with Crippen molar-refractivity contribution in [3.05, 3.63) is 0 Å². The molecule has 0 aromatic heterocycles. The third-order valence-electron chi connectivity index (χ3n) is 5.89. The van der Waals surface area contributed by atoms with Gasteiger partial charge in [-0.1, -0.05) is 92.4 Å². The highest BCUT2D eigenvalue weighted by Crippen LogP contribution is 2.53. The molecule has 0 heterocycles. The zero-order valence-corrected chi connectivity index (χ0v) is 17.3. The quantitative estimate of drug-likeness (QED) is 0.305. The van der Waals surface area contributed by atoms with E-state index in [1.807, 2.05) is 0 Å². The van der Waals surface area contributed by atoms with Crippen LogP contribution in [-0.2, 0) is 4.79 Å². The average molecular weight is 344 g/mol. The average Bonchev–Trinajstić information content (AvgIpc) is 2.53. The van der Waals surface area contributed by atoms with E-state index < -0.39 is 11.4 Å². The lowest BCUT2D eigenvalue weighted by atomic mass is 9.56. The van der Waals surface area contributed by atoms with Crippen molar-refractivity contribution in [1.82, 2.24) is 6.15 Å². The van der Waals surface area contributed by atoms with E-state index in [-0.39, 0.29) is 11.6 Å². The fourth-order valence-corrected chi connectivity index (χ4v) is 4.09. The van der Waals surface area contributed by atoms with Crippen LogP contribution in [0, 0.1) is 10.8 Å². The van der Waals surface area contributed by atoms with Gasteiger partial charge in [-0.15, -0.1) is 0 Å². The molecule has 1 atom stereocenters. The summed E-state index contributed by atoms with van der Waals surface area (Å²) in [4.78, 5) is 12.5. The molecule has 146 valence electrons. The van der Waals surface area contributed by atoms with Crippen LogP contribution in [0.5, 0.6) is 0 Å². The van der Waals surface area contributed by atoms with Crippen LogP contribution in [0.1, 0.15) is 118 Å². The Kier molecular flexibility index (Phi) is 14.6. The van der Waals surface area contributed by atoms with Gasteiger partial charge >= 0.3 is 5.97 Å². The molecule has 0 amide bonds. The highest BCUT2D eigenvalue weighted by Gasteiger charge is 2.51. The van der Waals surface area contributed by atoms with Crippen molar-refractivity contribution >= 4 is 5.97 Å². The number of carbonyl (C=O) groups is 1. The normalized spacial score (nSPS) is 14.0. The van der Waals surface area contributed by atoms with Gasteiger partial charge in [-0.05, 0) is 31.1 Å². The standard InChI is InChI=1S/C21H42O2.H3N/c1-6-10-14-16-20(5,15-11-7-2)21(19(22)23,17-12-8-3)18-13-9-4;/h6-18H2,1-5H3,(H,22,23);1H3. The molecule has 0 aromatic rings. The van der Waals surface area contributed by atoms with E-state index in [1.54, 1.807) is 0 Å². The number of hydrogen-bond donors (Lipinski definition) is 2. The maximum atomic E-state index is 12.5. The molecule has 0 saturated heterocycles. The van der Waals surface area contributed by atoms with Gasteiger partial charge in [0.25, 0.3) is 0 Å². The molecule has 0 radical (unpaired) electrons. The summed E-state index contributed by atoms with van der Waals surface area (Å²) in [6.45, 7) is 11.1. The monoisotopic (exact) mass is 343 g/mol. The highest BCUT2D eigenvalue weighted by atomic mass is 16.4. The number of carboxylic acid groups (broad SMARTS) is 1. The Morgan fingerprint density at radius 3 is 1.46 bits per heavy atom. The second-order valence-electron chi connectivity index (χ2n) is 7.72. The summed E-state index contributed by atoms with van der Waals surface area (Å²) < 4.78 is 0. The molecule has 0 spiro atoms. The molecule has 3 heteroatoms. The first kappa shape index (κ1) is 25.7. The summed E-state index contributed by atoms with van der Waals surface area (Å²) in [7, 11) is 0. The molecule has 0 saturated carbocycles. The first-order valence-electron chi connectivity index (χ1n) is 10.2. The van der Waals surface area contributed by atoms with Gasteiger partial charge in [0, 0.05) is 0 Å². The lowest BCUT2D eigenvalue weighted by molar-refractivity contribution is -0.161. The summed E-state index contributed by atoms with van der Waals surface area (Å²) in [5, 5.41) is 10.3. The molecule has 0 rings (SSSR count). The second-order valence-corrected chi connectivity index (χ2v) is 7.72. The minimum atomic E-state index is -0.533. The van der Waals surface area contributed by atoms with Crippen LogP contribution in [0.3, 0.4) is 0 Å². The van der Waals surface area contributed by atoms with Crippen molar-refractivity contribution in [2.24, 2.45) is 10.8 Å². The Bertz CT molecular complexity index is 309. The fourth-order valence-electron chi connectivity index (χ4n) is 4.09. The van der Waals surface area contributed by atoms with Crippen LogP contribution in [0.15, 0.2) is 0 Å². The molecule has 3 nitrogen and oxygen atoms in total. The SMILES string of the molecule is CCCCCC(C)(CCCC)C(CCCC)(CCCC)C(=O)O.N. The molecule has 0 fully saturated rings. The summed E-state index contributed by atoms with van der Waals surface area (Å²) in [6, 6.07) is 0. The molecule has 0 aromatic carbocycles. The van der Waals surface area contributed by atoms with Gasteiger partial charge in [0.15, 0.2) is 0 Å². The van der Waals surface area contributed by atoms with Gasteiger partial charge in [0.05, 0.1) is 5.41 Å². The van der Waals surface area contributed by atoms with Gasteiger partial charge in [-0.3, -0.25) is 4.79 Å². The number of unbranched alkanes of at least 4 members (excludes halogenated alkanes) is 5. The molecular formula is C21H45NO2. The Balaban J connectivity index is 0. The first-order valence-corrected chi connectivity index (χ1v) is 10.2. The Hall–Kier alpha value is -0.570. The summed E-state index contributed by atoms with van der Waals surface area (Å²) in [6.07, 6.45) is 14.0. The van der Waals surface area contributed by atoms with E-state index in [0.717, 1.165) is 64.2 Å². The molecular weight excluding hydrogens is 298 g/mol. The van der Waals surface area contributed by atoms with Crippen LogP contribution in [0.2, 0.25) is 0 Å². The number of aliphatic carboxylic acids is 1. The topological polar surface area (TPSA) is 72.3 Å². The Morgan fingerprint density at radius 1 is 0.708 bits per heavy atom. The maximum Gasteiger partial charge on any atom is 0.310 e. The third-order valence-corrected chi connectivity index (χ3v) is 5.89. The summed E-state index contributed by atoms with van der Waals surface area (Å²) in [5.41, 5.74) is -0.587. The molecule has 0 aliphatic rings. The lowest BCUT2D eigenvalue weighted by Gasteiger charge is -2.47. The van der Waals surface area contributed by atoms with Gasteiger partial charge in [0.2, 0.25) is 0 Å². The van der Waals surface area contributed by atoms with E-state index in [2.05, 4.69) is 34.6 Å². The summed E-state index contributed by atoms with van der Waals surface area (Å²) >= 11 is 0. The van der Waals surface area contributed by atoms with E-state index in [4.69, 9.17) is 0 Å². The van der Waals surface area contributed by atoms with Crippen molar-refractivity contribution in [1.29, 1.82) is 0 Å².